The number of phenolic OH excluding ortho intramolecular Hbond substituents is 2. The predicted octanol–water partition coefficient (Wildman–Crippen LogP) is 6.81. The molecule has 180 valence electrons. The van der Waals surface area contributed by atoms with Crippen LogP contribution in [0.25, 0.3) is 11.1 Å². The van der Waals surface area contributed by atoms with Gasteiger partial charge in [-0.15, -0.1) is 0 Å². The Bertz CT molecular complexity index is 1420. The molecule has 0 saturated carbocycles. The highest BCUT2D eigenvalue weighted by Gasteiger charge is 2.10. The fraction of sp³-hybridized carbons (Fsp3) is 0. The van der Waals surface area contributed by atoms with Gasteiger partial charge in [-0.25, -0.2) is 4.79 Å². The van der Waals surface area contributed by atoms with Crippen LogP contribution in [0.5, 0.6) is 17.2 Å². The lowest BCUT2D eigenvalue weighted by Crippen LogP contribution is -1.95. The molecule has 0 bridgehead atoms. The third kappa shape index (κ3) is 6.35. The maximum Gasteiger partial charge on any atom is 0.339 e. The molecule has 4 N–H and O–H groups in total. The van der Waals surface area contributed by atoms with Gasteiger partial charge in [-0.2, -0.15) is 20.5 Å². The van der Waals surface area contributed by atoms with E-state index >= 15 is 0 Å². The monoisotopic (exact) mass is 484 g/mol. The van der Waals surface area contributed by atoms with E-state index in [9.17, 15) is 20.1 Å². The molecule has 0 aliphatic carbocycles. The minimum Gasteiger partial charge on any atom is -0.507 e. The molecule has 0 aliphatic rings. The lowest BCUT2D eigenvalue weighted by molar-refractivity contribution is -0.0980. The molecule has 4 aromatic carbocycles. The Morgan fingerprint density at radius 3 is 1.36 bits per heavy atom. The zero-order chi connectivity index (χ0) is 26.1. The zero-order valence-electron chi connectivity index (χ0n) is 18.7. The number of carboxylic acids is 1. The summed E-state index contributed by atoms with van der Waals surface area (Å²) in [4.78, 5) is 19.1. The molecule has 0 aromatic heterocycles. The molecule has 4 aromatic rings. The van der Waals surface area contributed by atoms with Crippen molar-refractivity contribution in [3.63, 3.8) is 0 Å². The molecule has 0 radical (unpaired) electrons. The van der Waals surface area contributed by atoms with E-state index in [0.29, 0.717) is 22.7 Å². The smallest absolute Gasteiger partial charge is 0.339 e. The summed E-state index contributed by atoms with van der Waals surface area (Å²) in [5.41, 5.74) is 3.59. The molecule has 0 amide bonds. The van der Waals surface area contributed by atoms with E-state index in [-0.39, 0.29) is 22.8 Å². The number of carbonyl (C=O) groups is 2. The van der Waals surface area contributed by atoms with Gasteiger partial charge in [0.2, 0.25) is 0 Å². The number of rotatable bonds is 6. The molecule has 0 atom stereocenters. The third-order valence-corrected chi connectivity index (χ3v) is 4.80. The number of hydrogen-bond acceptors (Lipinski definition) is 9. The number of aromatic carboxylic acids is 1. The van der Waals surface area contributed by atoms with Crippen molar-refractivity contribution in [1.82, 2.24) is 0 Å². The van der Waals surface area contributed by atoms with E-state index in [4.69, 9.17) is 9.90 Å². The van der Waals surface area contributed by atoms with Gasteiger partial charge < -0.3 is 25.2 Å². The summed E-state index contributed by atoms with van der Waals surface area (Å²) in [5, 5.41) is 53.8. The first-order chi connectivity index (χ1) is 17.4. The number of phenols is 3. The topological polar surface area (TPSA) is 164 Å². The van der Waals surface area contributed by atoms with E-state index in [1.807, 2.05) is 31.1 Å². The van der Waals surface area contributed by atoms with Crippen molar-refractivity contribution in [2.45, 2.75) is 0 Å². The molecule has 10 heteroatoms. The Kier molecular flexibility index (Phi) is 8.18. The minimum atomic E-state index is -1.24. The van der Waals surface area contributed by atoms with Crippen LogP contribution in [0.3, 0.4) is 0 Å². The molecule has 0 saturated heterocycles. The Labute approximate surface area is 205 Å². The number of nitrogens with zero attached hydrogens (tertiary/aromatic N) is 4. The third-order valence-electron chi connectivity index (χ3n) is 4.80. The second kappa shape index (κ2) is 11.7. The Balaban J connectivity index is 0.00000176. The van der Waals surface area contributed by atoms with Gasteiger partial charge >= 0.3 is 5.97 Å². The fourth-order valence-corrected chi connectivity index (χ4v) is 3.00. The molecule has 0 aliphatic heterocycles. The molecular formula is C26H20N4O6. The maximum atomic E-state index is 11.1. The highest BCUT2D eigenvalue weighted by atomic mass is 16.4. The molecule has 0 heterocycles. The quantitative estimate of drug-likeness (QED) is 0.173. The van der Waals surface area contributed by atoms with Gasteiger partial charge in [-0.1, -0.05) is 24.3 Å². The number of aromatic hydroxyl groups is 3. The Hall–Kier alpha value is -5.38. The molecule has 0 unspecified atom stereocenters. The first-order valence-corrected chi connectivity index (χ1v) is 10.3. The first kappa shape index (κ1) is 25.2. The minimum absolute atomic E-state index is 0.219. The molecule has 10 nitrogen and oxygen atoms in total. The van der Waals surface area contributed by atoms with Crippen molar-refractivity contribution in [2.24, 2.45) is 20.5 Å². The summed E-state index contributed by atoms with van der Waals surface area (Å²) in [6.07, 6.45) is 0. The average molecular weight is 484 g/mol. The van der Waals surface area contributed by atoms with Gasteiger partial charge in [-0.3, -0.25) is 0 Å². The van der Waals surface area contributed by atoms with Crippen molar-refractivity contribution < 1.29 is 30.0 Å². The van der Waals surface area contributed by atoms with Crippen molar-refractivity contribution in [2.75, 3.05) is 0 Å². The number of azo groups is 2. The van der Waals surface area contributed by atoms with Crippen LogP contribution < -0.4 is 0 Å². The highest BCUT2D eigenvalue weighted by Crippen LogP contribution is 2.31. The van der Waals surface area contributed by atoms with E-state index in [2.05, 4.69) is 20.5 Å². The van der Waals surface area contributed by atoms with E-state index in [1.165, 1.54) is 30.3 Å². The standard InChI is InChI=1S/C25H18N4O5.CH2O/c30-22-11-9-19(13-21(22)25(33)34)28-26-17-5-1-15(2-6-17)16-3-7-18(8-4-16)27-29-20-10-12-23(31)24(32)14-20;1-2/h1-14,30-32H,(H,33,34);1H2. The number of hydrogen-bond donors (Lipinski definition) is 4. The summed E-state index contributed by atoms with van der Waals surface area (Å²) in [7, 11) is 0. The lowest BCUT2D eigenvalue weighted by atomic mass is 10.1. The number of benzene rings is 4. The van der Waals surface area contributed by atoms with Crippen molar-refractivity contribution in [1.29, 1.82) is 0 Å². The van der Waals surface area contributed by atoms with Crippen LogP contribution in [0.15, 0.2) is 105 Å². The van der Waals surface area contributed by atoms with Gasteiger partial charge in [-0.05, 0) is 65.7 Å². The van der Waals surface area contributed by atoms with Crippen LogP contribution in [-0.2, 0) is 4.79 Å². The van der Waals surface area contributed by atoms with E-state index in [1.54, 1.807) is 30.3 Å². The average Bonchev–Trinajstić information content (AvgIpc) is 2.90. The highest BCUT2D eigenvalue weighted by molar-refractivity contribution is 5.91. The predicted molar refractivity (Wildman–Crippen MR) is 132 cm³/mol. The maximum absolute atomic E-state index is 11.1. The SMILES string of the molecule is C=O.O=C(O)c1cc(N=Nc2ccc(-c3ccc(N=Nc4ccc(O)c(O)c4)cc3)cc2)ccc1O. The van der Waals surface area contributed by atoms with Crippen molar-refractivity contribution in [3.8, 4) is 28.4 Å². The van der Waals surface area contributed by atoms with E-state index in [0.717, 1.165) is 11.1 Å². The zero-order valence-corrected chi connectivity index (χ0v) is 18.7. The normalized spacial score (nSPS) is 10.8. The number of carbonyl (C=O) groups excluding carboxylic acids is 1. The Morgan fingerprint density at radius 1 is 0.528 bits per heavy atom. The molecule has 0 fully saturated rings. The molecule has 36 heavy (non-hydrogen) atoms. The van der Waals surface area contributed by atoms with Crippen molar-refractivity contribution >= 4 is 35.5 Å². The lowest BCUT2D eigenvalue weighted by Gasteiger charge is -2.03. The summed E-state index contributed by atoms with van der Waals surface area (Å²) in [5.74, 6) is -2.06. The molecule has 0 spiro atoms. The van der Waals surface area contributed by atoms with E-state index < -0.39 is 5.97 Å². The van der Waals surface area contributed by atoms with Crippen LogP contribution >= 0.6 is 0 Å². The second-order valence-electron chi connectivity index (χ2n) is 7.17. The van der Waals surface area contributed by atoms with Gasteiger partial charge in [0.1, 0.15) is 18.1 Å². The summed E-state index contributed by atoms with van der Waals surface area (Å²) in [6, 6.07) is 22.9. The molecular weight excluding hydrogens is 464 g/mol. The largest absolute Gasteiger partial charge is 0.507 e. The fourth-order valence-electron chi connectivity index (χ4n) is 3.00. The summed E-state index contributed by atoms with van der Waals surface area (Å²) < 4.78 is 0. The van der Waals surface area contributed by atoms with Gasteiger partial charge in [0.05, 0.1) is 22.7 Å². The van der Waals surface area contributed by atoms with Crippen LogP contribution in [-0.4, -0.2) is 33.2 Å². The van der Waals surface area contributed by atoms with Crippen LogP contribution in [0.2, 0.25) is 0 Å². The summed E-state index contributed by atoms with van der Waals surface area (Å²) in [6.45, 7) is 2.00. The van der Waals surface area contributed by atoms with Gasteiger partial charge in [0, 0.05) is 6.07 Å². The van der Waals surface area contributed by atoms with Crippen molar-refractivity contribution in [3.05, 3.63) is 90.5 Å². The molecule has 4 rings (SSSR count). The van der Waals surface area contributed by atoms with Gasteiger partial charge in [0.15, 0.2) is 11.5 Å². The van der Waals surface area contributed by atoms with Crippen LogP contribution in [0.1, 0.15) is 10.4 Å². The van der Waals surface area contributed by atoms with Crippen LogP contribution in [0, 0.1) is 0 Å². The first-order valence-electron chi connectivity index (χ1n) is 10.3. The second-order valence-corrected chi connectivity index (χ2v) is 7.17. The van der Waals surface area contributed by atoms with Gasteiger partial charge in [0.25, 0.3) is 0 Å². The summed E-state index contributed by atoms with van der Waals surface area (Å²) >= 11 is 0. The number of carboxylic acid groups (broad SMARTS) is 1. The van der Waals surface area contributed by atoms with Crippen LogP contribution in [0.4, 0.5) is 22.7 Å². The Morgan fingerprint density at radius 2 is 0.917 bits per heavy atom.